The van der Waals surface area contributed by atoms with Gasteiger partial charge < -0.3 is 15.0 Å². The Bertz CT molecular complexity index is 527. The van der Waals surface area contributed by atoms with E-state index in [-0.39, 0.29) is 5.75 Å². The largest absolute Gasteiger partial charge is 0.379 e. The third kappa shape index (κ3) is 4.36. The molecule has 2 fully saturated rings. The van der Waals surface area contributed by atoms with E-state index in [2.05, 4.69) is 22.1 Å². The zero-order chi connectivity index (χ0) is 17.1. The summed E-state index contributed by atoms with van der Waals surface area (Å²) in [6.45, 7) is 11.0. The molecule has 2 heterocycles. The molecular weight excluding hydrogens is 316 g/mol. The predicted octanol–water partition coefficient (Wildman–Crippen LogP) is -0.208. The highest BCUT2D eigenvalue weighted by molar-refractivity contribution is 7.92. The van der Waals surface area contributed by atoms with Gasteiger partial charge in [0.2, 0.25) is 0 Å². The average Bonchev–Trinajstić information content (AvgIpc) is 2.52. The van der Waals surface area contributed by atoms with Gasteiger partial charge in [-0.2, -0.15) is 0 Å². The molecule has 0 amide bonds. The topological polar surface area (TPSA) is 74.2 Å². The Balaban J connectivity index is 1.91. The van der Waals surface area contributed by atoms with E-state index in [0.29, 0.717) is 19.1 Å². The van der Waals surface area contributed by atoms with Gasteiger partial charge in [-0.25, -0.2) is 8.42 Å². The first-order valence-electron chi connectivity index (χ1n) is 8.26. The fourth-order valence-electron chi connectivity index (χ4n) is 3.04. The van der Waals surface area contributed by atoms with Crippen LogP contribution < -0.4 is 5.32 Å². The third-order valence-corrected chi connectivity index (χ3v) is 7.31. The van der Waals surface area contributed by atoms with Gasteiger partial charge in [-0.05, 0) is 20.8 Å². The number of aliphatic imine (C=N–C) groups is 1. The number of nitrogens with zero attached hydrogens (tertiary/aromatic N) is 3. The highest BCUT2D eigenvalue weighted by Crippen LogP contribution is 2.23. The van der Waals surface area contributed by atoms with Gasteiger partial charge in [0.25, 0.3) is 0 Å². The first-order valence-corrected chi connectivity index (χ1v) is 9.92. The normalized spacial score (nSPS) is 26.8. The number of hydrogen-bond acceptors (Lipinski definition) is 5. The van der Waals surface area contributed by atoms with Crippen LogP contribution in [0.3, 0.4) is 0 Å². The van der Waals surface area contributed by atoms with Crippen molar-refractivity contribution >= 4 is 15.8 Å². The molecule has 1 atom stereocenters. The van der Waals surface area contributed by atoms with E-state index < -0.39 is 14.6 Å². The van der Waals surface area contributed by atoms with Crippen LogP contribution in [0.25, 0.3) is 0 Å². The van der Waals surface area contributed by atoms with Gasteiger partial charge in [0, 0.05) is 45.8 Å². The van der Waals surface area contributed by atoms with Crippen LogP contribution in [0.2, 0.25) is 0 Å². The van der Waals surface area contributed by atoms with E-state index in [0.717, 1.165) is 38.8 Å². The number of guanidine groups is 1. The van der Waals surface area contributed by atoms with Crippen LogP contribution in [0.4, 0.5) is 0 Å². The first-order chi connectivity index (χ1) is 10.8. The number of hydrogen-bond donors (Lipinski definition) is 1. The van der Waals surface area contributed by atoms with Crippen molar-refractivity contribution in [3.63, 3.8) is 0 Å². The lowest BCUT2D eigenvalue weighted by atomic mass is 10.2. The van der Waals surface area contributed by atoms with Crippen LogP contribution in [0.1, 0.15) is 20.8 Å². The molecule has 0 aliphatic carbocycles. The Labute approximate surface area is 140 Å². The SMILES string of the molecule is CN=C(NCC(C)N1CCOCC1)N1CCS(=O)(=O)C(C)(C)C1. The van der Waals surface area contributed by atoms with E-state index >= 15 is 0 Å². The molecule has 2 aliphatic rings. The molecule has 0 saturated carbocycles. The number of ether oxygens (including phenoxy) is 1. The van der Waals surface area contributed by atoms with Crippen LogP contribution in [0.15, 0.2) is 4.99 Å². The molecule has 2 aliphatic heterocycles. The van der Waals surface area contributed by atoms with Crippen molar-refractivity contribution in [2.75, 3.05) is 58.7 Å². The van der Waals surface area contributed by atoms with Crippen molar-refractivity contribution in [1.29, 1.82) is 0 Å². The fraction of sp³-hybridized carbons (Fsp3) is 0.933. The van der Waals surface area contributed by atoms with Crippen molar-refractivity contribution in [3.05, 3.63) is 0 Å². The smallest absolute Gasteiger partial charge is 0.193 e. The molecule has 1 unspecified atom stereocenters. The maximum Gasteiger partial charge on any atom is 0.193 e. The maximum absolute atomic E-state index is 12.1. The zero-order valence-electron chi connectivity index (χ0n) is 14.7. The van der Waals surface area contributed by atoms with Gasteiger partial charge in [-0.15, -0.1) is 0 Å². The van der Waals surface area contributed by atoms with Crippen molar-refractivity contribution in [2.45, 2.75) is 31.6 Å². The van der Waals surface area contributed by atoms with Gasteiger partial charge in [-0.3, -0.25) is 9.89 Å². The lowest BCUT2D eigenvalue weighted by Gasteiger charge is -2.40. The lowest BCUT2D eigenvalue weighted by molar-refractivity contribution is 0.0210. The second-order valence-corrected chi connectivity index (χ2v) is 9.67. The highest BCUT2D eigenvalue weighted by Gasteiger charge is 2.41. The minimum Gasteiger partial charge on any atom is -0.379 e. The minimum absolute atomic E-state index is 0.180. The van der Waals surface area contributed by atoms with Crippen LogP contribution in [0.5, 0.6) is 0 Å². The molecule has 2 saturated heterocycles. The first kappa shape index (κ1) is 18.5. The molecule has 0 aromatic carbocycles. The molecule has 0 spiro atoms. The number of rotatable bonds is 3. The van der Waals surface area contributed by atoms with Gasteiger partial charge in [-0.1, -0.05) is 0 Å². The Morgan fingerprint density at radius 2 is 1.96 bits per heavy atom. The summed E-state index contributed by atoms with van der Waals surface area (Å²) in [5, 5.41) is 3.40. The van der Waals surface area contributed by atoms with Crippen molar-refractivity contribution in [2.24, 2.45) is 4.99 Å². The predicted molar refractivity (Wildman–Crippen MR) is 92.7 cm³/mol. The van der Waals surface area contributed by atoms with Crippen molar-refractivity contribution < 1.29 is 13.2 Å². The minimum atomic E-state index is -3.03. The summed E-state index contributed by atoms with van der Waals surface area (Å²) in [7, 11) is -1.28. The van der Waals surface area contributed by atoms with Crippen molar-refractivity contribution in [1.82, 2.24) is 15.1 Å². The zero-order valence-corrected chi connectivity index (χ0v) is 15.5. The van der Waals surface area contributed by atoms with E-state index in [1.165, 1.54) is 0 Å². The standard InChI is InChI=1S/C15H30N4O3S/c1-13(18-5-8-22-9-6-18)11-17-14(16-4)19-7-10-23(20,21)15(2,3)12-19/h13H,5-12H2,1-4H3,(H,16,17). The Morgan fingerprint density at radius 3 is 2.52 bits per heavy atom. The van der Waals surface area contributed by atoms with E-state index in [1.807, 2.05) is 4.90 Å². The number of nitrogens with one attached hydrogen (secondary N) is 1. The summed E-state index contributed by atoms with van der Waals surface area (Å²) >= 11 is 0. The molecule has 0 radical (unpaired) electrons. The van der Waals surface area contributed by atoms with Crippen LogP contribution in [-0.4, -0.2) is 93.7 Å². The second kappa shape index (κ2) is 7.36. The highest BCUT2D eigenvalue weighted by atomic mass is 32.2. The van der Waals surface area contributed by atoms with E-state index in [1.54, 1.807) is 20.9 Å². The number of morpholine rings is 1. The summed E-state index contributed by atoms with van der Waals surface area (Å²) in [6, 6.07) is 0.386. The quantitative estimate of drug-likeness (QED) is 0.563. The van der Waals surface area contributed by atoms with E-state index in [9.17, 15) is 8.42 Å². The van der Waals surface area contributed by atoms with Gasteiger partial charge in [0.05, 0.1) is 23.7 Å². The molecule has 0 aromatic rings. The molecule has 134 valence electrons. The molecule has 2 rings (SSSR count). The molecule has 23 heavy (non-hydrogen) atoms. The summed E-state index contributed by atoms with van der Waals surface area (Å²) in [6.07, 6.45) is 0. The Hall–Kier alpha value is -0.860. The molecule has 8 heteroatoms. The summed E-state index contributed by atoms with van der Waals surface area (Å²) in [4.78, 5) is 8.78. The lowest BCUT2D eigenvalue weighted by Crippen LogP contribution is -2.58. The molecular formula is C15H30N4O3S. The monoisotopic (exact) mass is 346 g/mol. The molecule has 7 nitrogen and oxygen atoms in total. The summed E-state index contributed by atoms with van der Waals surface area (Å²) in [5.41, 5.74) is 0. The second-order valence-electron chi connectivity index (χ2n) is 6.93. The van der Waals surface area contributed by atoms with Crippen LogP contribution in [-0.2, 0) is 14.6 Å². The fourth-order valence-corrected chi connectivity index (χ4v) is 4.41. The summed E-state index contributed by atoms with van der Waals surface area (Å²) in [5.74, 6) is 0.966. The van der Waals surface area contributed by atoms with Crippen molar-refractivity contribution in [3.8, 4) is 0 Å². The van der Waals surface area contributed by atoms with Gasteiger partial charge in [0.15, 0.2) is 15.8 Å². The molecule has 1 N–H and O–H groups in total. The molecule has 0 aromatic heterocycles. The average molecular weight is 346 g/mol. The Morgan fingerprint density at radius 1 is 1.30 bits per heavy atom. The maximum atomic E-state index is 12.1. The van der Waals surface area contributed by atoms with Crippen LogP contribution >= 0.6 is 0 Å². The summed E-state index contributed by atoms with van der Waals surface area (Å²) < 4.78 is 28.9. The van der Waals surface area contributed by atoms with Gasteiger partial charge >= 0.3 is 0 Å². The number of sulfone groups is 1. The van der Waals surface area contributed by atoms with Gasteiger partial charge in [0.1, 0.15) is 0 Å². The molecule has 0 bridgehead atoms. The van der Waals surface area contributed by atoms with E-state index in [4.69, 9.17) is 4.74 Å². The van der Waals surface area contributed by atoms with Crippen LogP contribution in [0, 0.1) is 0 Å². The Kier molecular flexibility index (Phi) is 5.91. The third-order valence-electron chi connectivity index (χ3n) is 4.78.